The molecule has 17 heavy (non-hydrogen) atoms. The van der Waals surface area contributed by atoms with Gasteiger partial charge in [0.05, 0.1) is 12.0 Å². The smallest absolute Gasteiger partial charge is 0.236 e. The fourth-order valence-corrected chi connectivity index (χ4v) is 2.62. The van der Waals surface area contributed by atoms with Crippen LogP contribution in [0.3, 0.4) is 0 Å². The number of benzene rings is 1. The first-order valence-electron chi connectivity index (χ1n) is 6.11. The predicted molar refractivity (Wildman–Crippen MR) is 69.0 cm³/mol. The summed E-state index contributed by atoms with van der Waals surface area (Å²) in [6.07, 6.45) is 4.12. The van der Waals surface area contributed by atoms with Crippen LogP contribution in [0.5, 0.6) is 0 Å². The summed E-state index contributed by atoms with van der Waals surface area (Å²) < 4.78 is 0. The van der Waals surface area contributed by atoms with Crippen molar-refractivity contribution in [1.82, 2.24) is 0 Å². The molecule has 2 nitrogen and oxygen atoms in total. The number of para-hydroxylation sites is 1. The van der Waals surface area contributed by atoms with Crippen LogP contribution in [0.4, 0.5) is 5.69 Å². The Balaban J connectivity index is 2.04. The molecule has 3 rings (SSSR count). The molecule has 1 aliphatic heterocycles. The number of rotatable bonds is 1. The SMILES string of the molecule is CC(C)(C)c1ccccc1N1C(=O)[C@@H]2C=C[C@@H]21. The molecule has 88 valence electrons. The molecule has 0 unspecified atom stereocenters. The second-order valence-corrected chi connectivity index (χ2v) is 5.88. The maximum atomic E-state index is 12.0. The maximum absolute atomic E-state index is 12.0. The molecular formula is C15H17NO. The lowest BCUT2D eigenvalue weighted by Gasteiger charge is -2.50. The first kappa shape index (κ1) is 10.6. The van der Waals surface area contributed by atoms with Gasteiger partial charge in [-0.1, -0.05) is 51.1 Å². The van der Waals surface area contributed by atoms with Crippen molar-refractivity contribution >= 4 is 11.6 Å². The third kappa shape index (κ3) is 1.36. The van der Waals surface area contributed by atoms with Gasteiger partial charge >= 0.3 is 0 Å². The second-order valence-electron chi connectivity index (χ2n) is 5.88. The van der Waals surface area contributed by atoms with Crippen LogP contribution in [0.2, 0.25) is 0 Å². The molecular weight excluding hydrogens is 210 g/mol. The molecule has 0 bridgehead atoms. The molecule has 2 heteroatoms. The van der Waals surface area contributed by atoms with E-state index in [1.165, 1.54) is 5.56 Å². The molecule has 2 aliphatic rings. The molecule has 1 aliphatic carbocycles. The number of amides is 1. The molecule has 1 aromatic rings. The Hall–Kier alpha value is -1.57. The zero-order valence-corrected chi connectivity index (χ0v) is 10.5. The Bertz CT molecular complexity index is 510. The molecule has 0 N–H and O–H groups in total. The van der Waals surface area contributed by atoms with E-state index in [2.05, 4.69) is 39.0 Å². The topological polar surface area (TPSA) is 20.3 Å². The highest BCUT2D eigenvalue weighted by molar-refractivity contribution is 6.07. The summed E-state index contributed by atoms with van der Waals surface area (Å²) in [7, 11) is 0. The highest BCUT2D eigenvalue weighted by Gasteiger charge is 2.50. The van der Waals surface area contributed by atoms with Crippen molar-refractivity contribution in [3.8, 4) is 0 Å². The fraction of sp³-hybridized carbons (Fsp3) is 0.400. The molecule has 0 spiro atoms. The normalized spacial score (nSPS) is 26.3. The van der Waals surface area contributed by atoms with Crippen molar-refractivity contribution in [1.29, 1.82) is 0 Å². The van der Waals surface area contributed by atoms with Gasteiger partial charge in [-0.25, -0.2) is 0 Å². The number of fused-ring (bicyclic) bond motifs is 1. The first-order chi connectivity index (χ1) is 8.00. The molecule has 1 aromatic carbocycles. The third-order valence-electron chi connectivity index (χ3n) is 3.68. The number of hydrogen-bond acceptors (Lipinski definition) is 1. The van der Waals surface area contributed by atoms with Gasteiger partial charge in [0.15, 0.2) is 0 Å². The van der Waals surface area contributed by atoms with Gasteiger partial charge in [0, 0.05) is 5.69 Å². The zero-order chi connectivity index (χ0) is 12.2. The van der Waals surface area contributed by atoms with Crippen molar-refractivity contribution in [3.05, 3.63) is 42.0 Å². The molecule has 1 saturated heterocycles. The summed E-state index contributed by atoms with van der Waals surface area (Å²) in [5.41, 5.74) is 2.39. The number of β-lactam (4-membered cyclic amide) rings is 1. The van der Waals surface area contributed by atoms with E-state index < -0.39 is 0 Å². The van der Waals surface area contributed by atoms with Crippen LogP contribution in [0.25, 0.3) is 0 Å². The lowest BCUT2D eigenvalue weighted by molar-refractivity contribution is -0.128. The van der Waals surface area contributed by atoms with E-state index in [9.17, 15) is 4.79 Å². The van der Waals surface area contributed by atoms with Gasteiger partial charge in [-0.05, 0) is 17.0 Å². The Morgan fingerprint density at radius 3 is 2.35 bits per heavy atom. The standard InChI is InChI=1S/C15H17NO/c1-15(2,3)11-6-4-5-7-13(11)16-12-9-8-10(12)14(16)17/h4-10,12H,1-3H3/t10-,12+/m1/s1. The minimum absolute atomic E-state index is 0.0649. The summed E-state index contributed by atoms with van der Waals surface area (Å²) in [6, 6.07) is 8.54. The van der Waals surface area contributed by atoms with Crippen LogP contribution in [0.15, 0.2) is 36.4 Å². The van der Waals surface area contributed by atoms with Gasteiger partial charge < -0.3 is 4.90 Å². The van der Waals surface area contributed by atoms with Crippen LogP contribution in [-0.4, -0.2) is 11.9 Å². The molecule has 0 radical (unpaired) electrons. The van der Waals surface area contributed by atoms with E-state index in [-0.39, 0.29) is 17.2 Å². The number of anilines is 1. The molecule has 1 amide bonds. The minimum Gasteiger partial charge on any atom is -0.304 e. The number of carbonyl (C=O) groups is 1. The van der Waals surface area contributed by atoms with Crippen LogP contribution < -0.4 is 4.90 Å². The monoisotopic (exact) mass is 227 g/mol. The molecule has 1 heterocycles. The van der Waals surface area contributed by atoms with Crippen LogP contribution in [0.1, 0.15) is 26.3 Å². The third-order valence-corrected chi connectivity index (χ3v) is 3.68. The maximum Gasteiger partial charge on any atom is 0.236 e. The van der Waals surface area contributed by atoms with Gasteiger partial charge in [-0.3, -0.25) is 4.79 Å². The Morgan fingerprint density at radius 1 is 1.12 bits per heavy atom. The second kappa shape index (κ2) is 3.22. The molecule has 0 aromatic heterocycles. The van der Waals surface area contributed by atoms with E-state index in [1.807, 2.05) is 23.1 Å². The Morgan fingerprint density at radius 2 is 1.82 bits per heavy atom. The quantitative estimate of drug-likeness (QED) is 0.533. The summed E-state index contributed by atoms with van der Waals surface area (Å²) in [5.74, 6) is 0.400. The molecule has 0 saturated carbocycles. The highest BCUT2D eigenvalue weighted by Crippen LogP contribution is 2.43. The molecule has 1 fully saturated rings. The zero-order valence-electron chi connectivity index (χ0n) is 10.5. The Kier molecular flexibility index (Phi) is 2.00. The first-order valence-corrected chi connectivity index (χ1v) is 6.11. The van der Waals surface area contributed by atoms with Gasteiger partial charge in [0.2, 0.25) is 5.91 Å². The van der Waals surface area contributed by atoms with Crippen molar-refractivity contribution in [2.24, 2.45) is 5.92 Å². The fourth-order valence-electron chi connectivity index (χ4n) is 2.62. The number of carbonyl (C=O) groups excluding carboxylic acids is 1. The van der Waals surface area contributed by atoms with Crippen molar-refractivity contribution < 1.29 is 4.79 Å². The van der Waals surface area contributed by atoms with Crippen LogP contribution in [-0.2, 0) is 10.2 Å². The van der Waals surface area contributed by atoms with Crippen LogP contribution >= 0.6 is 0 Å². The lowest BCUT2D eigenvalue weighted by atomic mass is 9.76. The minimum atomic E-state index is 0.0649. The molecule has 2 atom stereocenters. The van der Waals surface area contributed by atoms with Crippen molar-refractivity contribution in [2.75, 3.05) is 4.90 Å². The summed E-state index contributed by atoms with van der Waals surface area (Å²) >= 11 is 0. The van der Waals surface area contributed by atoms with Gasteiger partial charge in [0.1, 0.15) is 0 Å². The lowest BCUT2D eigenvalue weighted by Crippen LogP contribution is -2.63. The summed E-state index contributed by atoms with van der Waals surface area (Å²) in [4.78, 5) is 13.9. The van der Waals surface area contributed by atoms with E-state index in [0.29, 0.717) is 6.04 Å². The van der Waals surface area contributed by atoms with E-state index in [1.54, 1.807) is 0 Å². The van der Waals surface area contributed by atoms with E-state index in [0.717, 1.165) is 5.69 Å². The highest BCUT2D eigenvalue weighted by atomic mass is 16.2. The predicted octanol–water partition coefficient (Wildman–Crippen LogP) is 2.89. The number of hydrogen-bond donors (Lipinski definition) is 0. The Labute approximate surface area is 102 Å². The van der Waals surface area contributed by atoms with E-state index >= 15 is 0 Å². The summed E-state index contributed by atoms with van der Waals surface area (Å²) in [6.45, 7) is 6.55. The number of nitrogens with zero attached hydrogens (tertiary/aromatic N) is 1. The van der Waals surface area contributed by atoms with Gasteiger partial charge in [0.25, 0.3) is 0 Å². The van der Waals surface area contributed by atoms with Crippen molar-refractivity contribution in [2.45, 2.75) is 32.2 Å². The summed E-state index contributed by atoms with van der Waals surface area (Å²) in [5, 5.41) is 0. The largest absolute Gasteiger partial charge is 0.304 e. The average Bonchev–Trinajstić information content (AvgIpc) is 2.23. The van der Waals surface area contributed by atoms with Crippen LogP contribution in [0, 0.1) is 5.92 Å². The average molecular weight is 227 g/mol. The van der Waals surface area contributed by atoms with Crippen molar-refractivity contribution in [3.63, 3.8) is 0 Å². The van der Waals surface area contributed by atoms with Gasteiger partial charge in [-0.2, -0.15) is 0 Å². The van der Waals surface area contributed by atoms with E-state index in [4.69, 9.17) is 0 Å². The van der Waals surface area contributed by atoms with Gasteiger partial charge in [-0.15, -0.1) is 0 Å².